The van der Waals surface area contributed by atoms with E-state index in [1.54, 1.807) is 0 Å². The lowest BCUT2D eigenvalue weighted by molar-refractivity contribution is 0.251. The molecule has 0 aromatic heterocycles. The molecule has 1 aliphatic rings. The molecule has 0 aliphatic heterocycles. The second-order valence-corrected chi connectivity index (χ2v) is 6.48. The summed E-state index contributed by atoms with van der Waals surface area (Å²) in [4.78, 5) is 0. The van der Waals surface area contributed by atoms with Crippen molar-refractivity contribution in [1.29, 1.82) is 0 Å². The van der Waals surface area contributed by atoms with Crippen LogP contribution in [-0.2, 0) is 6.54 Å². The smallest absolute Gasteiger partial charge is 0.130 e. The molecule has 1 aliphatic carbocycles. The average molecular weight is 281 g/mol. The molecule has 0 radical (unpaired) electrons. The maximum absolute atomic E-state index is 13.6. The zero-order valence-corrected chi connectivity index (χ0v) is 12.5. The van der Waals surface area contributed by atoms with Crippen LogP contribution in [0.3, 0.4) is 0 Å². The van der Waals surface area contributed by atoms with Crippen molar-refractivity contribution in [2.45, 2.75) is 58.5 Å². The van der Waals surface area contributed by atoms with Gasteiger partial charge < -0.3 is 5.32 Å². The van der Waals surface area contributed by atoms with Gasteiger partial charge in [0.1, 0.15) is 11.6 Å². The van der Waals surface area contributed by atoms with E-state index in [9.17, 15) is 8.78 Å². The molecule has 0 heterocycles. The predicted molar refractivity (Wildman–Crippen MR) is 78.4 cm³/mol. The van der Waals surface area contributed by atoms with Crippen molar-refractivity contribution < 1.29 is 8.78 Å². The lowest BCUT2D eigenvalue weighted by atomic mass is 9.81. The SMILES string of the molecule is CC(C)CC1CCCC(NCc2ccc(F)cc2F)C1. The molecule has 0 amide bonds. The molecule has 20 heavy (non-hydrogen) atoms. The topological polar surface area (TPSA) is 12.0 Å². The molecule has 1 N–H and O–H groups in total. The minimum Gasteiger partial charge on any atom is -0.310 e. The fourth-order valence-corrected chi connectivity index (χ4v) is 3.28. The lowest BCUT2D eigenvalue weighted by Gasteiger charge is -2.31. The Morgan fingerprint density at radius 3 is 2.75 bits per heavy atom. The molecule has 3 heteroatoms. The van der Waals surface area contributed by atoms with Crippen molar-refractivity contribution in [2.24, 2.45) is 11.8 Å². The standard InChI is InChI=1S/C17H25F2N/c1-12(2)8-13-4-3-5-16(9-13)20-11-14-6-7-15(18)10-17(14)19/h6-7,10,12-13,16,20H,3-5,8-9,11H2,1-2H3. The van der Waals surface area contributed by atoms with E-state index in [0.29, 0.717) is 18.2 Å². The zero-order chi connectivity index (χ0) is 14.5. The molecule has 1 aromatic carbocycles. The summed E-state index contributed by atoms with van der Waals surface area (Å²) >= 11 is 0. The highest BCUT2D eigenvalue weighted by atomic mass is 19.1. The Morgan fingerprint density at radius 2 is 2.05 bits per heavy atom. The molecular formula is C17H25F2N. The third kappa shape index (κ3) is 4.55. The van der Waals surface area contributed by atoms with E-state index in [4.69, 9.17) is 0 Å². The molecule has 0 bridgehead atoms. The van der Waals surface area contributed by atoms with Crippen molar-refractivity contribution in [3.63, 3.8) is 0 Å². The van der Waals surface area contributed by atoms with Crippen LogP contribution in [0.25, 0.3) is 0 Å². The van der Waals surface area contributed by atoms with E-state index in [1.807, 2.05) is 0 Å². The van der Waals surface area contributed by atoms with E-state index >= 15 is 0 Å². The number of hydrogen-bond donors (Lipinski definition) is 1. The van der Waals surface area contributed by atoms with Gasteiger partial charge in [-0.05, 0) is 37.2 Å². The van der Waals surface area contributed by atoms with E-state index in [2.05, 4.69) is 19.2 Å². The van der Waals surface area contributed by atoms with Crippen LogP contribution in [0.15, 0.2) is 18.2 Å². The highest BCUT2D eigenvalue weighted by Crippen LogP contribution is 2.29. The molecule has 1 nitrogen and oxygen atoms in total. The van der Waals surface area contributed by atoms with E-state index in [1.165, 1.54) is 37.8 Å². The van der Waals surface area contributed by atoms with E-state index in [0.717, 1.165) is 24.3 Å². The van der Waals surface area contributed by atoms with Crippen molar-refractivity contribution >= 4 is 0 Å². The van der Waals surface area contributed by atoms with Crippen LogP contribution in [0.1, 0.15) is 51.5 Å². The van der Waals surface area contributed by atoms with Gasteiger partial charge in [-0.2, -0.15) is 0 Å². The third-order valence-electron chi connectivity index (χ3n) is 4.18. The van der Waals surface area contributed by atoms with Crippen LogP contribution in [0.4, 0.5) is 8.78 Å². The van der Waals surface area contributed by atoms with Gasteiger partial charge in [0, 0.05) is 24.2 Å². The summed E-state index contributed by atoms with van der Waals surface area (Å²) in [6, 6.07) is 4.28. The van der Waals surface area contributed by atoms with Crippen LogP contribution in [0, 0.1) is 23.5 Å². The molecule has 1 saturated carbocycles. The van der Waals surface area contributed by atoms with Crippen molar-refractivity contribution in [2.75, 3.05) is 0 Å². The summed E-state index contributed by atoms with van der Waals surface area (Å²) in [5.41, 5.74) is 0.553. The van der Waals surface area contributed by atoms with Crippen LogP contribution in [0.2, 0.25) is 0 Å². The molecule has 2 rings (SSSR count). The predicted octanol–water partition coefficient (Wildman–Crippen LogP) is 4.66. The van der Waals surface area contributed by atoms with Gasteiger partial charge in [-0.1, -0.05) is 32.8 Å². The quantitative estimate of drug-likeness (QED) is 0.827. The summed E-state index contributed by atoms with van der Waals surface area (Å²) in [7, 11) is 0. The largest absolute Gasteiger partial charge is 0.310 e. The summed E-state index contributed by atoms with van der Waals surface area (Å²) in [6.45, 7) is 5.03. The fourth-order valence-electron chi connectivity index (χ4n) is 3.28. The van der Waals surface area contributed by atoms with Crippen LogP contribution < -0.4 is 5.32 Å². The fraction of sp³-hybridized carbons (Fsp3) is 0.647. The number of rotatable bonds is 5. The number of hydrogen-bond acceptors (Lipinski definition) is 1. The number of nitrogens with one attached hydrogen (secondary N) is 1. The molecule has 0 spiro atoms. The molecule has 2 unspecified atom stereocenters. The number of halogens is 2. The second-order valence-electron chi connectivity index (χ2n) is 6.48. The zero-order valence-electron chi connectivity index (χ0n) is 12.5. The Morgan fingerprint density at radius 1 is 1.25 bits per heavy atom. The minimum absolute atomic E-state index is 0.452. The maximum atomic E-state index is 13.6. The first-order valence-electron chi connectivity index (χ1n) is 7.72. The van der Waals surface area contributed by atoms with Crippen LogP contribution in [0.5, 0.6) is 0 Å². The summed E-state index contributed by atoms with van der Waals surface area (Å²) < 4.78 is 26.4. The monoisotopic (exact) mass is 281 g/mol. The third-order valence-corrected chi connectivity index (χ3v) is 4.18. The second kappa shape index (κ2) is 7.16. The minimum atomic E-state index is -0.513. The summed E-state index contributed by atoms with van der Waals surface area (Å²) in [5.74, 6) is 0.570. The molecule has 1 fully saturated rings. The Bertz CT molecular complexity index is 431. The van der Waals surface area contributed by atoms with Gasteiger partial charge in [0.25, 0.3) is 0 Å². The molecule has 1 aromatic rings. The van der Waals surface area contributed by atoms with E-state index < -0.39 is 11.6 Å². The van der Waals surface area contributed by atoms with Crippen molar-refractivity contribution in [3.05, 3.63) is 35.4 Å². The normalized spacial score (nSPS) is 23.2. The van der Waals surface area contributed by atoms with Crippen molar-refractivity contribution in [1.82, 2.24) is 5.32 Å². The van der Waals surface area contributed by atoms with Gasteiger partial charge in [0.2, 0.25) is 0 Å². The van der Waals surface area contributed by atoms with Gasteiger partial charge in [-0.3, -0.25) is 0 Å². The Kier molecular flexibility index (Phi) is 5.53. The highest BCUT2D eigenvalue weighted by molar-refractivity contribution is 5.18. The number of benzene rings is 1. The lowest BCUT2D eigenvalue weighted by Crippen LogP contribution is -2.34. The Labute approximate surface area is 120 Å². The van der Waals surface area contributed by atoms with Gasteiger partial charge in [-0.15, -0.1) is 0 Å². The Balaban J connectivity index is 1.84. The first kappa shape index (κ1) is 15.4. The Hall–Kier alpha value is -0.960. The van der Waals surface area contributed by atoms with Gasteiger partial charge in [-0.25, -0.2) is 8.78 Å². The molecule has 0 saturated heterocycles. The first-order chi connectivity index (χ1) is 9.54. The van der Waals surface area contributed by atoms with E-state index in [-0.39, 0.29) is 0 Å². The molecule has 2 atom stereocenters. The van der Waals surface area contributed by atoms with Gasteiger partial charge >= 0.3 is 0 Å². The van der Waals surface area contributed by atoms with Crippen molar-refractivity contribution in [3.8, 4) is 0 Å². The summed E-state index contributed by atoms with van der Waals surface area (Å²) in [6.07, 6.45) is 6.20. The summed E-state index contributed by atoms with van der Waals surface area (Å²) in [5, 5.41) is 3.44. The average Bonchev–Trinajstić information content (AvgIpc) is 2.37. The highest BCUT2D eigenvalue weighted by Gasteiger charge is 2.22. The first-order valence-corrected chi connectivity index (χ1v) is 7.72. The molecule has 112 valence electrons. The van der Waals surface area contributed by atoms with Crippen LogP contribution in [-0.4, -0.2) is 6.04 Å². The molecular weight excluding hydrogens is 256 g/mol. The maximum Gasteiger partial charge on any atom is 0.130 e. The van der Waals surface area contributed by atoms with Gasteiger partial charge in [0.05, 0.1) is 0 Å². The van der Waals surface area contributed by atoms with Gasteiger partial charge in [0.15, 0.2) is 0 Å². The van der Waals surface area contributed by atoms with Crippen LogP contribution >= 0.6 is 0 Å².